The van der Waals surface area contributed by atoms with Crippen molar-refractivity contribution in [2.75, 3.05) is 6.54 Å². The fraction of sp³-hybridized carbons (Fsp3) is 0.526. The number of hydrogen-bond donors (Lipinski definition) is 3. The minimum atomic E-state index is -0.217. The molecule has 2 amide bonds. The first-order chi connectivity index (χ1) is 12.0. The molecule has 6 heteroatoms. The van der Waals surface area contributed by atoms with Crippen molar-refractivity contribution in [2.24, 2.45) is 11.8 Å². The van der Waals surface area contributed by atoms with E-state index in [1.807, 2.05) is 38.1 Å². The maximum absolute atomic E-state index is 12.3. The van der Waals surface area contributed by atoms with Crippen molar-refractivity contribution in [3.63, 3.8) is 0 Å². The van der Waals surface area contributed by atoms with Gasteiger partial charge in [-0.2, -0.15) is 0 Å². The Morgan fingerprint density at radius 3 is 2.52 bits per heavy atom. The average molecular weight is 344 g/mol. The lowest BCUT2D eigenvalue weighted by molar-refractivity contribution is -0.128. The number of H-pyrrole nitrogens is 1. The Hall–Kier alpha value is -2.37. The number of aromatic amines is 1. The van der Waals surface area contributed by atoms with Gasteiger partial charge in [-0.15, -0.1) is 0 Å². The van der Waals surface area contributed by atoms with E-state index >= 15 is 0 Å². The van der Waals surface area contributed by atoms with Crippen LogP contribution in [0, 0.1) is 11.8 Å². The van der Waals surface area contributed by atoms with Gasteiger partial charge in [-0.05, 0) is 24.5 Å². The number of hydrogen-bond acceptors (Lipinski definition) is 3. The van der Waals surface area contributed by atoms with E-state index in [1.54, 1.807) is 0 Å². The first-order valence-electron chi connectivity index (χ1n) is 8.97. The van der Waals surface area contributed by atoms with E-state index in [0.717, 1.165) is 29.7 Å². The van der Waals surface area contributed by atoms with E-state index in [9.17, 15) is 9.59 Å². The summed E-state index contributed by atoms with van der Waals surface area (Å²) in [5.41, 5.74) is 1.83. The molecular weight excluding hydrogens is 316 g/mol. The van der Waals surface area contributed by atoms with Crippen LogP contribution < -0.4 is 10.6 Å². The van der Waals surface area contributed by atoms with Gasteiger partial charge in [-0.25, -0.2) is 4.98 Å². The summed E-state index contributed by atoms with van der Waals surface area (Å²) in [5, 5.41) is 5.70. The summed E-state index contributed by atoms with van der Waals surface area (Å²) in [6, 6.07) is 7.58. The van der Waals surface area contributed by atoms with Crippen LogP contribution in [0.2, 0.25) is 0 Å². The van der Waals surface area contributed by atoms with E-state index in [2.05, 4.69) is 34.4 Å². The van der Waals surface area contributed by atoms with E-state index in [4.69, 9.17) is 0 Å². The molecule has 25 heavy (non-hydrogen) atoms. The number of benzene rings is 1. The number of para-hydroxylation sites is 2. The third-order valence-corrected chi connectivity index (χ3v) is 4.71. The second kappa shape index (κ2) is 8.65. The molecule has 0 saturated carbocycles. The molecule has 2 aromatic rings. The van der Waals surface area contributed by atoms with Crippen LogP contribution in [-0.2, 0) is 9.59 Å². The summed E-state index contributed by atoms with van der Waals surface area (Å²) in [4.78, 5) is 32.1. The van der Waals surface area contributed by atoms with Gasteiger partial charge in [0.25, 0.3) is 0 Å². The summed E-state index contributed by atoms with van der Waals surface area (Å²) in [7, 11) is 0. The number of amides is 2. The van der Waals surface area contributed by atoms with Crippen molar-refractivity contribution in [3.05, 3.63) is 30.1 Å². The second-order valence-electron chi connectivity index (χ2n) is 6.60. The highest BCUT2D eigenvalue weighted by Gasteiger charge is 2.24. The van der Waals surface area contributed by atoms with E-state index in [0.29, 0.717) is 0 Å². The van der Waals surface area contributed by atoms with E-state index in [-0.39, 0.29) is 36.2 Å². The summed E-state index contributed by atoms with van der Waals surface area (Å²) in [5.74, 6) is 0.573. The monoisotopic (exact) mass is 344 g/mol. The van der Waals surface area contributed by atoms with Crippen molar-refractivity contribution < 1.29 is 9.59 Å². The molecule has 0 saturated heterocycles. The molecule has 6 nitrogen and oxygen atoms in total. The van der Waals surface area contributed by atoms with Gasteiger partial charge in [0, 0.05) is 5.92 Å². The number of fused-ring (bicyclic) bond motifs is 1. The lowest BCUT2D eigenvalue weighted by Crippen LogP contribution is -2.42. The first kappa shape index (κ1) is 19.0. The average Bonchev–Trinajstić information content (AvgIpc) is 3.06. The highest BCUT2D eigenvalue weighted by Crippen LogP contribution is 2.24. The van der Waals surface area contributed by atoms with Crippen LogP contribution in [0.5, 0.6) is 0 Å². The molecule has 3 N–H and O–H groups in total. The lowest BCUT2D eigenvalue weighted by atomic mass is 9.98. The molecule has 1 aromatic carbocycles. The zero-order valence-corrected chi connectivity index (χ0v) is 15.4. The van der Waals surface area contributed by atoms with Crippen molar-refractivity contribution in [1.82, 2.24) is 20.6 Å². The van der Waals surface area contributed by atoms with Gasteiger partial charge in [-0.3, -0.25) is 9.59 Å². The van der Waals surface area contributed by atoms with Gasteiger partial charge in [0.1, 0.15) is 5.82 Å². The Kier molecular flexibility index (Phi) is 6.56. The fourth-order valence-corrected chi connectivity index (χ4v) is 2.59. The van der Waals surface area contributed by atoms with Crippen LogP contribution in [0.1, 0.15) is 52.4 Å². The Morgan fingerprint density at radius 1 is 1.16 bits per heavy atom. The molecule has 0 aliphatic rings. The molecule has 0 bridgehead atoms. The van der Waals surface area contributed by atoms with Crippen molar-refractivity contribution in [3.8, 4) is 0 Å². The largest absolute Gasteiger partial charge is 0.347 e. The predicted molar refractivity (Wildman–Crippen MR) is 98.9 cm³/mol. The second-order valence-corrected chi connectivity index (χ2v) is 6.60. The van der Waals surface area contributed by atoms with Gasteiger partial charge >= 0.3 is 0 Å². The van der Waals surface area contributed by atoms with Crippen LogP contribution in [0.25, 0.3) is 11.0 Å². The van der Waals surface area contributed by atoms with Crippen molar-refractivity contribution >= 4 is 22.8 Å². The Labute approximate surface area is 148 Å². The molecule has 0 unspecified atom stereocenters. The summed E-state index contributed by atoms with van der Waals surface area (Å²) < 4.78 is 0. The smallest absolute Gasteiger partial charge is 0.239 e. The predicted octanol–water partition coefficient (Wildman–Crippen LogP) is 2.93. The molecule has 1 aromatic heterocycles. The summed E-state index contributed by atoms with van der Waals surface area (Å²) >= 11 is 0. The van der Waals surface area contributed by atoms with E-state index < -0.39 is 0 Å². The molecule has 2 rings (SSSR count). The van der Waals surface area contributed by atoms with Crippen molar-refractivity contribution in [1.29, 1.82) is 0 Å². The molecule has 1 heterocycles. The third kappa shape index (κ3) is 4.81. The number of carbonyl (C=O) groups excluding carboxylic acids is 2. The molecule has 0 aliphatic heterocycles. The quantitative estimate of drug-likeness (QED) is 0.688. The van der Waals surface area contributed by atoms with Gasteiger partial charge in [0.05, 0.1) is 23.6 Å². The fourth-order valence-electron chi connectivity index (χ4n) is 2.59. The minimum Gasteiger partial charge on any atom is -0.347 e. The molecular formula is C19H28N4O2. The SMILES string of the molecule is CC[C@@H](C)[C@H](NC(=O)CNC(=O)[C@@H](C)CC)c1nc2ccccc2[nH]1. The van der Waals surface area contributed by atoms with Gasteiger partial charge < -0.3 is 15.6 Å². The number of nitrogens with one attached hydrogen (secondary N) is 3. The van der Waals surface area contributed by atoms with Crippen LogP contribution in [-0.4, -0.2) is 28.3 Å². The van der Waals surface area contributed by atoms with Crippen LogP contribution >= 0.6 is 0 Å². The third-order valence-electron chi connectivity index (χ3n) is 4.71. The molecule has 136 valence electrons. The molecule has 3 atom stereocenters. The summed E-state index contributed by atoms with van der Waals surface area (Å²) in [6.45, 7) is 7.94. The Balaban J connectivity index is 2.07. The zero-order chi connectivity index (χ0) is 18.4. The number of rotatable bonds is 8. The van der Waals surface area contributed by atoms with Gasteiger partial charge in [0.2, 0.25) is 11.8 Å². The highest BCUT2D eigenvalue weighted by molar-refractivity contribution is 5.85. The highest BCUT2D eigenvalue weighted by atomic mass is 16.2. The number of aromatic nitrogens is 2. The molecule has 0 aliphatic carbocycles. The Morgan fingerprint density at radius 2 is 1.88 bits per heavy atom. The standard InChI is InChI=1S/C19H28N4O2/c1-5-12(3)17(18-21-14-9-7-8-10-15(14)22-18)23-16(24)11-20-19(25)13(4)6-2/h7-10,12-13,17H,5-6,11H2,1-4H3,(H,20,25)(H,21,22)(H,23,24)/t12-,13+,17+/m1/s1. The van der Waals surface area contributed by atoms with Crippen LogP contribution in [0.3, 0.4) is 0 Å². The molecule has 0 fully saturated rings. The zero-order valence-electron chi connectivity index (χ0n) is 15.4. The Bertz CT molecular complexity index is 692. The van der Waals surface area contributed by atoms with Gasteiger partial charge in [-0.1, -0.05) is 46.2 Å². The normalized spacial score (nSPS) is 14.7. The minimum absolute atomic E-state index is 0.0175. The van der Waals surface area contributed by atoms with Gasteiger partial charge in [0.15, 0.2) is 0 Å². The van der Waals surface area contributed by atoms with Crippen LogP contribution in [0.4, 0.5) is 0 Å². The van der Waals surface area contributed by atoms with E-state index in [1.165, 1.54) is 0 Å². The molecule has 0 radical (unpaired) electrons. The first-order valence-corrected chi connectivity index (χ1v) is 8.97. The van der Waals surface area contributed by atoms with Crippen molar-refractivity contribution in [2.45, 2.75) is 46.6 Å². The van der Waals surface area contributed by atoms with Crippen LogP contribution in [0.15, 0.2) is 24.3 Å². The molecule has 0 spiro atoms. The topological polar surface area (TPSA) is 86.9 Å². The summed E-state index contributed by atoms with van der Waals surface area (Å²) in [6.07, 6.45) is 1.66. The number of imidazole rings is 1. The number of nitrogens with zero attached hydrogens (tertiary/aromatic N) is 1. The number of carbonyl (C=O) groups is 2. The maximum Gasteiger partial charge on any atom is 0.239 e. The maximum atomic E-state index is 12.3. The lowest BCUT2D eigenvalue weighted by Gasteiger charge is -2.22.